The number of amides is 1. The van der Waals surface area contributed by atoms with Crippen molar-refractivity contribution in [3.8, 4) is 11.5 Å². The molecule has 3 aromatic rings. The molecule has 0 atom stereocenters. The van der Waals surface area contributed by atoms with E-state index in [1.807, 2.05) is 6.92 Å². The Kier molecular flexibility index (Phi) is 5.60. The van der Waals surface area contributed by atoms with Crippen molar-refractivity contribution in [2.24, 2.45) is 0 Å². The van der Waals surface area contributed by atoms with Crippen molar-refractivity contribution in [3.05, 3.63) is 52.6 Å². The number of anilines is 1. The van der Waals surface area contributed by atoms with Crippen LogP contribution in [-0.4, -0.2) is 40.2 Å². The molecule has 1 aromatic carbocycles. The first-order chi connectivity index (χ1) is 13.0. The van der Waals surface area contributed by atoms with E-state index in [1.54, 1.807) is 43.6 Å². The van der Waals surface area contributed by atoms with Gasteiger partial charge in [-0.05, 0) is 36.8 Å². The molecule has 8 nitrogen and oxygen atoms in total. The average Bonchev–Trinajstić information content (AvgIpc) is 2.66. The number of ether oxygens (including phenoxy) is 2. The molecule has 0 spiro atoms. The highest BCUT2D eigenvalue weighted by molar-refractivity contribution is 7.99. The first kappa shape index (κ1) is 18.7. The minimum absolute atomic E-state index is 0.0434. The summed E-state index contributed by atoms with van der Waals surface area (Å²) in [4.78, 5) is 32.6. The SMILES string of the molecule is COc1ccc(OC)c(NC(=O)CSc2nc(=O)n3ccc(C)cc3n2)c1. The van der Waals surface area contributed by atoms with Crippen molar-refractivity contribution >= 4 is 29.0 Å². The number of thioether (sulfide) groups is 1. The fourth-order valence-corrected chi connectivity index (χ4v) is 3.02. The number of fused-ring (bicyclic) bond motifs is 1. The van der Waals surface area contributed by atoms with Gasteiger partial charge in [-0.2, -0.15) is 4.98 Å². The lowest BCUT2D eigenvalue weighted by atomic mass is 10.2. The fourth-order valence-electron chi connectivity index (χ4n) is 2.39. The van der Waals surface area contributed by atoms with E-state index >= 15 is 0 Å². The number of carbonyl (C=O) groups excluding carboxylic acids is 1. The molecule has 0 saturated heterocycles. The second-order valence-corrected chi connectivity index (χ2v) is 6.57. The van der Waals surface area contributed by atoms with E-state index in [0.29, 0.717) is 22.8 Å². The predicted octanol–water partition coefficient (Wildman–Crippen LogP) is 2.15. The van der Waals surface area contributed by atoms with Gasteiger partial charge >= 0.3 is 5.69 Å². The molecule has 9 heteroatoms. The summed E-state index contributed by atoms with van der Waals surface area (Å²) < 4.78 is 11.8. The molecule has 0 aliphatic carbocycles. The van der Waals surface area contributed by atoms with Crippen LogP contribution in [0.5, 0.6) is 11.5 Å². The number of hydrogen-bond acceptors (Lipinski definition) is 7. The summed E-state index contributed by atoms with van der Waals surface area (Å²) >= 11 is 1.09. The molecule has 0 fully saturated rings. The summed E-state index contributed by atoms with van der Waals surface area (Å²) in [5.41, 5.74) is 1.54. The number of rotatable bonds is 6. The molecule has 0 radical (unpaired) electrons. The minimum Gasteiger partial charge on any atom is -0.497 e. The van der Waals surface area contributed by atoms with Crippen LogP contribution in [0, 0.1) is 6.92 Å². The van der Waals surface area contributed by atoms with Crippen molar-refractivity contribution in [3.63, 3.8) is 0 Å². The molecule has 1 amide bonds. The van der Waals surface area contributed by atoms with Crippen molar-refractivity contribution in [2.45, 2.75) is 12.1 Å². The molecular weight excluding hydrogens is 368 g/mol. The van der Waals surface area contributed by atoms with Gasteiger partial charge in [-0.25, -0.2) is 9.78 Å². The van der Waals surface area contributed by atoms with E-state index in [-0.39, 0.29) is 16.8 Å². The number of methoxy groups -OCH3 is 2. The number of nitrogens with zero attached hydrogens (tertiary/aromatic N) is 3. The number of pyridine rings is 1. The van der Waals surface area contributed by atoms with Crippen LogP contribution in [0.1, 0.15) is 5.56 Å². The van der Waals surface area contributed by atoms with Gasteiger partial charge in [-0.15, -0.1) is 0 Å². The number of carbonyl (C=O) groups is 1. The standard InChI is InChI=1S/C18H18N4O4S/c1-11-6-7-22-15(8-11)20-17(21-18(22)24)27-10-16(23)19-13-9-12(25-2)4-5-14(13)26-3/h4-9H,10H2,1-3H3,(H,19,23). The van der Waals surface area contributed by atoms with E-state index in [9.17, 15) is 9.59 Å². The normalized spacial score (nSPS) is 10.6. The van der Waals surface area contributed by atoms with Gasteiger partial charge in [0, 0.05) is 12.3 Å². The first-order valence-electron chi connectivity index (χ1n) is 8.02. The third-order valence-electron chi connectivity index (χ3n) is 3.71. The molecule has 27 heavy (non-hydrogen) atoms. The van der Waals surface area contributed by atoms with Crippen LogP contribution in [0.25, 0.3) is 5.65 Å². The van der Waals surface area contributed by atoms with E-state index < -0.39 is 5.69 Å². The monoisotopic (exact) mass is 386 g/mol. The highest BCUT2D eigenvalue weighted by Gasteiger charge is 2.12. The Hall–Kier alpha value is -3.07. The van der Waals surface area contributed by atoms with Crippen LogP contribution in [0.4, 0.5) is 5.69 Å². The maximum atomic E-state index is 12.3. The third kappa shape index (κ3) is 4.37. The summed E-state index contributed by atoms with van der Waals surface area (Å²) in [6, 6.07) is 8.70. The number of aryl methyl sites for hydroxylation is 1. The Bertz CT molecular complexity index is 1050. The molecule has 0 bridgehead atoms. The van der Waals surface area contributed by atoms with Gasteiger partial charge in [0.25, 0.3) is 0 Å². The van der Waals surface area contributed by atoms with Crippen LogP contribution in [0.3, 0.4) is 0 Å². The van der Waals surface area contributed by atoms with E-state index in [2.05, 4.69) is 15.3 Å². The quantitative estimate of drug-likeness (QED) is 0.649. The van der Waals surface area contributed by atoms with Crippen LogP contribution in [0.2, 0.25) is 0 Å². The van der Waals surface area contributed by atoms with Crippen LogP contribution in [0.15, 0.2) is 46.5 Å². The van der Waals surface area contributed by atoms with Gasteiger partial charge in [0.1, 0.15) is 17.1 Å². The number of nitrogens with one attached hydrogen (secondary N) is 1. The zero-order valence-corrected chi connectivity index (χ0v) is 15.9. The number of benzene rings is 1. The molecule has 1 N–H and O–H groups in total. The molecule has 0 saturated carbocycles. The highest BCUT2D eigenvalue weighted by Crippen LogP contribution is 2.29. The Labute approximate surface area is 159 Å². The summed E-state index contributed by atoms with van der Waals surface area (Å²) in [6.45, 7) is 1.91. The molecule has 0 unspecified atom stereocenters. The smallest absolute Gasteiger partial charge is 0.355 e. The fraction of sp³-hybridized carbons (Fsp3) is 0.222. The van der Waals surface area contributed by atoms with Crippen molar-refractivity contribution < 1.29 is 14.3 Å². The Balaban J connectivity index is 1.73. The van der Waals surface area contributed by atoms with Gasteiger partial charge in [-0.1, -0.05) is 11.8 Å². The zero-order chi connectivity index (χ0) is 19.4. The molecule has 2 aromatic heterocycles. The second-order valence-electron chi connectivity index (χ2n) is 5.62. The van der Waals surface area contributed by atoms with Crippen molar-refractivity contribution in [1.29, 1.82) is 0 Å². The summed E-state index contributed by atoms with van der Waals surface area (Å²) in [5, 5.41) is 3.01. The Morgan fingerprint density at radius 1 is 1.19 bits per heavy atom. The molecule has 2 heterocycles. The highest BCUT2D eigenvalue weighted by atomic mass is 32.2. The maximum Gasteiger partial charge on any atom is 0.355 e. The largest absolute Gasteiger partial charge is 0.497 e. The van der Waals surface area contributed by atoms with Crippen molar-refractivity contribution in [2.75, 3.05) is 25.3 Å². The van der Waals surface area contributed by atoms with Gasteiger partial charge in [0.15, 0.2) is 5.16 Å². The second kappa shape index (κ2) is 8.09. The van der Waals surface area contributed by atoms with E-state index in [4.69, 9.17) is 9.47 Å². The van der Waals surface area contributed by atoms with Gasteiger partial charge in [0.05, 0.1) is 25.7 Å². The summed E-state index contributed by atoms with van der Waals surface area (Å²) in [6.07, 6.45) is 1.63. The molecule has 140 valence electrons. The summed E-state index contributed by atoms with van der Waals surface area (Å²) in [5.74, 6) is 0.881. The van der Waals surface area contributed by atoms with Crippen LogP contribution >= 0.6 is 11.8 Å². The number of hydrogen-bond donors (Lipinski definition) is 1. The third-order valence-corrected chi connectivity index (χ3v) is 4.56. The van der Waals surface area contributed by atoms with E-state index in [0.717, 1.165) is 17.3 Å². The van der Waals surface area contributed by atoms with Crippen molar-refractivity contribution in [1.82, 2.24) is 14.4 Å². The molecule has 0 aliphatic heterocycles. The molecular formula is C18H18N4O4S. The first-order valence-corrected chi connectivity index (χ1v) is 9.00. The summed E-state index contributed by atoms with van der Waals surface area (Å²) in [7, 11) is 3.06. The van der Waals surface area contributed by atoms with E-state index in [1.165, 1.54) is 11.5 Å². The Morgan fingerprint density at radius 3 is 2.74 bits per heavy atom. The topological polar surface area (TPSA) is 94.8 Å². The zero-order valence-electron chi connectivity index (χ0n) is 15.1. The minimum atomic E-state index is -0.433. The van der Waals surface area contributed by atoms with Gasteiger partial charge in [-0.3, -0.25) is 9.20 Å². The van der Waals surface area contributed by atoms with Crippen LogP contribution in [-0.2, 0) is 4.79 Å². The number of aromatic nitrogens is 3. The molecule has 0 aliphatic rings. The Morgan fingerprint density at radius 2 is 2.00 bits per heavy atom. The van der Waals surface area contributed by atoms with Crippen LogP contribution < -0.4 is 20.5 Å². The van der Waals surface area contributed by atoms with Gasteiger partial charge < -0.3 is 14.8 Å². The lowest BCUT2D eigenvalue weighted by Gasteiger charge is -2.11. The van der Waals surface area contributed by atoms with Gasteiger partial charge in [0.2, 0.25) is 5.91 Å². The predicted molar refractivity (Wildman–Crippen MR) is 103 cm³/mol. The molecule has 3 rings (SSSR count). The average molecular weight is 386 g/mol. The maximum absolute atomic E-state index is 12.3. The lowest BCUT2D eigenvalue weighted by molar-refractivity contribution is -0.113. The lowest BCUT2D eigenvalue weighted by Crippen LogP contribution is -2.20.